The normalized spacial score (nSPS) is 10.4. The van der Waals surface area contributed by atoms with Gasteiger partial charge in [0, 0.05) is 10.7 Å². The molecule has 0 spiro atoms. The zero-order chi connectivity index (χ0) is 13.3. The van der Waals surface area contributed by atoms with Crippen molar-refractivity contribution >= 4 is 17.6 Å². The summed E-state index contributed by atoms with van der Waals surface area (Å²) in [7, 11) is 1.33. The van der Waals surface area contributed by atoms with Gasteiger partial charge in [-0.25, -0.2) is 9.48 Å². The van der Waals surface area contributed by atoms with Gasteiger partial charge in [0.05, 0.1) is 12.8 Å². The lowest BCUT2D eigenvalue weighted by atomic mass is 10.2. The van der Waals surface area contributed by atoms with E-state index in [-0.39, 0.29) is 5.69 Å². The first-order valence-corrected chi connectivity index (χ1v) is 5.82. The maximum absolute atomic E-state index is 11.4. The Bertz CT molecular complexity index is 605. The first-order chi connectivity index (χ1) is 8.52. The van der Waals surface area contributed by atoms with Gasteiger partial charge in [-0.15, -0.1) is 0 Å². The van der Waals surface area contributed by atoms with Gasteiger partial charge in [0.1, 0.15) is 0 Å². The van der Waals surface area contributed by atoms with Gasteiger partial charge in [-0.3, -0.25) is 0 Å². The molecule has 0 aliphatic rings. The number of carbonyl (C=O) groups excluding carboxylic acids is 1. The zero-order valence-electron chi connectivity index (χ0n) is 10.4. The summed E-state index contributed by atoms with van der Waals surface area (Å²) >= 11 is 6.08. The smallest absolute Gasteiger partial charge is 0.358 e. The number of benzene rings is 1. The highest BCUT2D eigenvalue weighted by molar-refractivity contribution is 6.31. The first-order valence-electron chi connectivity index (χ1n) is 5.44. The van der Waals surface area contributed by atoms with Gasteiger partial charge >= 0.3 is 5.97 Å². The summed E-state index contributed by atoms with van der Waals surface area (Å²) in [5, 5.41) is 4.87. The van der Waals surface area contributed by atoms with E-state index < -0.39 is 5.97 Å². The van der Waals surface area contributed by atoms with Crippen LogP contribution in [-0.2, 0) is 4.74 Å². The van der Waals surface area contributed by atoms with Crippen molar-refractivity contribution in [1.82, 2.24) is 9.78 Å². The number of ether oxygens (including phenoxy) is 1. The molecule has 1 heterocycles. The largest absolute Gasteiger partial charge is 0.464 e. The van der Waals surface area contributed by atoms with E-state index in [4.69, 9.17) is 11.6 Å². The van der Waals surface area contributed by atoms with Crippen LogP contribution in [0.4, 0.5) is 0 Å². The minimum absolute atomic E-state index is 0.284. The molecule has 0 unspecified atom stereocenters. The summed E-state index contributed by atoms with van der Waals surface area (Å²) < 4.78 is 6.31. The van der Waals surface area contributed by atoms with Crippen LogP contribution in [0.1, 0.15) is 21.7 Å². The highest BCUT2D eigenvalue weighted by Gasteiger charge is 2.13. The molecule has 5 heteroatoms. The number of hydrogen-bond acceptors (Lipinski definition) is 3. The number of rotatable bonds is 2. The molecule has 2 aromatic rings. The van der Waals surface area contributed by atoms with Crippen molar-refractivity contribution in [3.8, 4) is 5.69 Å². The lowest BCUT2D eigenvalue weighted by Crippen LogP contribution is -2.04. The summed E-state index contributed by atoms with van der Waals surface area (Å²) in [5.41, 5.74) is 2.94. The number of carbonyl (C=O) groups is 1. The maximum atomic E-state index is 11.4. The van der Waals surface area contributed by atoms with E-state index in [0.717, 1.165) is 16.9 Å². The lowest BCUT2D eigenvalue weighted by Gasteiger charge is -2.06. The van der Waals surface area contributed by atoms with E-state index in [0.29, 0.717) is 5.02 Å². The summed E-state index contributed by atoms with van der Waals surface area (Å²) in [5.74, 6) is -0.449. The molecule has 0 amide bonds. The molecule has 0 fully saturated rings. The van der Waals surface area contributed by atoms with Crippen LogP contribution in [-0.4, -0.2) is 22.9 Å². The van der Waals surface area contributed by atoms with Gasteiger partial charge in [0.15, 0.2) is 5.69 Å². The Kier molecular flexibility index (Phi) is 3.39. The van der Waals surface area contributed by atoms with Gasteiger partial charge in [0.2, 0.25) is 0 Å². The van der Waals surface area contributed by atoms with Crippen LogP contribution < -0.4 is 0 Å². The molecular formula is C13H13ClN2O2. The topological polar surface area (TPSA) is 44.1 Å². The second kappa shape index (κ2) is 4.82. The average molecular weight is 265 g/mol. The fraction of sp³-hybridized carbons (Fsp3) is 0.231. The molecule has 1 aromatic heterocycles. The van der Waals surface area contributed by atoms with Gasteiger partial charge in [-0.05, 0) is 37.6 Å². The number of esters is 1. The molecule has 0 aliphatic heterocycles. The molecule has 0 N–H and O–H groups in total. The third kappa shape index (κ3) is 2.24. The highest BCUT2D eigenvalue weighted by Crippen LogP contribution is 2.20. The van der Waals surface area contributed by atoms with Crippen LogP contribution in [0.2, 0.25) is 5.02 Å². The molecule has 18 heavy (non-hydrogen) atoms. The van der Waals surface area contributed by atoms with E-state index in [9.17, 15) is 4.79 Å². The van der Waals surface area contributed by atoms with Gasteiger partial charge in [-0.2, -0.15) is 5.10 Å². The van der Waals surface area contributed by atoms with Crippen LogP contribution in [0.25, 0.3) is 5.69 Å². The predicted octanol–water partition coefficient (Wildman–Crippen LogP) is 2.93. The fourth-order valence-electron chi connectivity index (χ4n) is 1.65. The molecule has 0 saturated heterocycles. The van der Waals surface area contributed by atoms with E-state index in [2.05, 4.69) is 9.84 Å². The van der Waals surface area contributed by atoms with E-state index in [1.165, 1.54) is 7.11 Å². The molecular weight excluding hydrogens is 252 g/mol. The Morgan fingerprint density at radius 1 is 1.33 bits per heavy atom. The van der Waals surface area contributed by atoms with Gasteiger partial charge in [0.25, 0.3) is 0 Å². The third-order valence-electron chi connectivity index (χ3n) is 2.68. The first kappa shape index (κ1) is 12.6. The van der Waals surface area contributed by atoms with Crippen LogP contribution in [0.5, 0.6) is 0 Å². The van der Waals surface area contributed by atoms with E-state index >= 15 is 0 Å². The number of aromatic nitrogens is 2. The van der Waals surface area contributed by atoms with Crippen molar-refractivity contribution in [3.05, 3.63) is 46.2 Å². The van der Waals surface area contributed by atoms with E-state index in [1.54, 1.807) is 10.7 Å². The molecule has 0 aliphatic carbocycles. The zero-order valence-corrected chi connectivity index (χ0v) is 11.2. The van der Waals surface area contributed by atoms with Crippen molar-refractivity contribution in [2.45, 2.75) is 13.8 Å². The van der Waals surface area contributed by atoms with Crippen LogP contribution in [0.15, 0.2) is 24.3 Å². The molecule has 1 aromatic carbocycles. The lowest BCUT2D eigenvalue weighted by molar-refractivity contribution is 0.0593. The van der Waals surface area contributed by atoms with Crippen LogP contribution >= 0.6 is 11.6 Å². The van der Waals surface area contributed by atoms with Crippen molar-refractivity contribution in [1.29, 1.82) is 0 Å². The quantitative estimate of drug-likeness (QED) is 0.784. The monoisotopic (exact) mass is 264 g/mol. The molecule has 4 nitrogen and oxygen atoms in total. The number of methoxy groups -OCH3 is 1. The summed E-state index contributed by atoms with van der Waals surface area (Å²) in [6.07, 6.45) is 0. The Labute approximate surface area is 110 Å². The number of halogens is 1. The fourth-order valence-corrected chi connectivity index (χ4v) is 1.83. The second-order valence-electron chi connectivity index (χ2n) is 4.01. The SMILES string of the molecule is COC(=O)c1cc(C)n(-c2ccc(C)c(Cl)c2)n1. The summed E-state index contributed by atoms with van der Waals surface area (Å²) in [6.45, 7) is 3.80. The Hall–Kier alpha value is -1.81. The van der Waals surface area contributed by atoms with Gasteiger partial charge < -0.3 is 4.74 Å². The van der Waals surface area contributed by atoms with E-state index in [1.807, 2.05) is 32.0 Å². The molecule has 0 bridgehead atoms. The Morgan fingerprint density at radius 3 is 2.67 bits per heavy atom. The minimum Gasteiger partial charge on any atom is -0.464 e. The molecule has 0 saturated carbocycles. The van der Waals surface area contributed by atoms with Crippen LogP contribution in [0.3, 0.4) is 0 Å². The number of nitrogens with zero attached hydrogens (tertiary/aromatic N) is 2. The molecule has 0 radical (unpaired) electrons. The minimum atomic E-state index is -0.449. The van der Waals surface area contributed by atoms with Gasteiger partial charge in [-0.1, -0.05) is 17.7 Å². The molecule has 94 valence electrons. The van der Waals surface area contributed by atoms with Crippen LogP contribution in [0, 0.1) is 13.8 Å². The Morgan fingerprint density at radius 2 is 2.06 bits per heavy atom. The Balaban J connectivity index is 2.47. The summed E-state index contributed by atoms with van der Waals surface area (Å²) in [6, 6.07) is 7.32. The third-order valence-corrected chi connectivity index (χ3v) is 3.09. The van der Waals surface area contributed by atoms with Crippen molar-refractivity contribution < 1.29 is 9.53 Å². The number of aryl methyl sites for hydroxylation is 2. The predicted molar refractivity (Wildman–Crippen MR) is 69.4 cm³/mol. The highest BCUT2D eigenvalue weighted by atomic mass is 35.5. The molecule has 0 atom stereocenters. The van der Waals surface area contributed by atoms with Crippen molar-refractivity contribution in [2.24, 2.45) is 0 Å². The maximum Gasteiger partial charge on any atom is 0.358 e. The second-order valence-corrected chi connectivity index (χ2v) is 4.42. The summed E-state index contributed by atoms with van der Waals surface area (Å²) in [4.78, 5) is 11.4. The number of hydrogen-bond donors (Lipinski definition) is 0. The van der Waals surface area contributed by atoms with Crippen molar-refractivity contribution in [2.75, 3.05) is 7.11 Å². The average Bonchev–Trinajstić information content (AvgIpc) is 2.74. The molecule has 2 rings (SSSR count). The van der Waals surface area contributed by atoms with Crippen molar-refractivity contribution in [3.63, 3.8) is 0 Å². The standard InChI is InChI=1S/C13H13ClN2O2/c1-8-4-5-10(7-11(8)14)16-9(2)6-12(15-16)13(17)18-3/h4-7H,1-3H3.